The van der Waals surface area contributed by atoms with E-state index in [2.05, 4.69) is 20.0 Å². The molecule has 0 aliphatic heterocycles. The van der Waals surface area contributed by atoms with Crippen molar-refractivity contribution in [2.75, 3.05) is 5.73 Å². The van der Waals surface area contributed by atoms with Gasteiger partial charge in [-0.2, -0.15) is 5.10 Å². The van der Waals surface area contributed by atoms with E-state index >= 15 is 0 Å². The first-order valence-electron chi connectivity index (χ1n) is 4.96. The van der Waals surface area contributed by atoms with Crippen LogP contribution < -0.4 is 10.5 Å². The van der Waals surface area contributed by atoms with Crippen molar-refractivity contribution in [2.24, 2.45) is 7.05 Å². The van der Waals surface area contributed by atoms with Gasteiger partial charge in [0.25, 0.3) is 0 Å². The Hall–Kier alpha value is -1.52. The largest absolute Gasteiger partial charge is 0.374 e. The van der Waals surface area contributed by atoms with Crippen LogP contribution in [0.25, 0.3) is 0 Å². The summed E-state index contributed by atoms with van der Waals surface area (Å²) in [7, 11) is -1.91. The minimum atomic E-state index is -3.59. The number of nitrogen functional groups attached to an aromatic ring is 1. The van der Waals surface area contributed by atoms with Crippen LogP contribution in [0.15, 0.2) is 11.1 Å². The van der Waals surface area contributed by atoms with Crippen LogP contribution in [0.5, 0.6) is 0 Å². The van der Waals surface area contributed by atoms with Crippen LogP contribution in [0.2, 0.25) is 0 Å². The zero-order valence-corrected chi connectivity index (χ0v) is 11.4. The molecule has 98 valence electrons. The fraction of sp³-hybridized carbons (Fsp3) is 0.375. The van der Waals surface area contributed by atoms with Gasteiger partial charge in [0.2, 0.25) is 15.2 Å². The predicted molar refractivity (Wildman–Crippen MR) is 66.3 cm³/mol. The molecule has 0 aliphatic rings. The van der Waals surface area contributed by atoms with E-state index in [1.165, 1.54) is 10.9 Å². The molecule has 0 aromatic carbocycles. The Bertz CT molecular complexity index is 659. The first kappa shape index (κ1) is 12.9. The van der Waals surface area contributed by atoms with Gasteiger partial charge < -0.3 is 5.73 Å². The summed E-state index contributed by atoms with van der Waals surface area (Å²) < 4.78 is 27.9. The zero-order valence-electron chi connectivity index (χ0n) is 9.78. The highest BCUT2D eigenvalue weighted by Crippen LogP contribution is 2.15. The maximum atomic E-state index is 12.0. The molecule has 0 aliphatic carbocycles. The van der Waals surface area contributed by atoms with Crippen LogP contribution in [-0.2, 0) is 23.6 Å². The lowest BCUT2D eigenvalue weighted by atomic mass is 10.5. The number of nitrogens with zero attached hydrogens (tertiary/aromatic N) is 4. The third-order valence-electron chi connectivity index (χ3n) is 2.38. The molecule has 2 aromatic heterocycles. The second-order valence-electron chi connectivity index (χ2n) is 3.58. The molecule has 0 amide bonds. The predicted octanol–water partition coefficient (Wildman–Crippen LogP) is -0.359. The normalized spacial score (nSPS) is 11.9. The zero-order chi connectivity index (χ0) is 13.3. The molecule has 0 saturated carbocycles. The van der Waals surface area contributed by atoms with Crippen molar-refractivity contribution >= 4 is 26.5 Å². The summed E-state index contributed by atoms with van der Waals surface area (Å²) in [5.74, 6) is 0. The van der Waals surface area contributed by atoms with E-state index in [1.54, 1.807) is 14.0 Å². The first-order chi connectivity index (χ1) is 8.40. The monoisotopic (exact) mass is 288 g/mol. The van der Waals surface area contributed by atoms with Gasteiger partial charge in [0.05, 0.1) is 18.4 Å². The molecule has 3 N–H and O–H groups in total. The fourth-order valence-corrected chi connectivity index (χ4v) is 3.14. The molecule has 0 fully saturated rings. The number of nitrogens with one attached hydrogen (secondary N) is 1. The fourth-order valence-electron chi connectivity index (χ4n) is 1.31. The Morgan fingerprint density at radius 3 is 2.72 bits per heavy atom. The van der Waals surface area contributed by atoms with Crippen LogP contribution in [0.3, 0.4) is 0 Å². The molecule has 2 rings (SSSR count). The number of anilines is 1. The van der Waals surface area contributed by atoms with Crippen molar-refractivity contribution in [3.05, 3.63) is 16.9 Å². The topological polar surface area (TPSA) is 116 Å². The number of hydrogen-bond acceptors (Lipinski definition) is 7. The second-order valence-corrected chi connectivity index (χ2v) is 6.41. The number of hydrogen-bond donors (Lipinski definition) is 2. The number of aromatic nitrogens is 4. The third kappa shape index (κ3) is 2.49. The maximum Gasteiger partial charge on any atom is 0.244 e. The van der Waals surface area contributed by atoms with Crippen LogP contribution in [0.1, 0.15) is 10.7 Å². The van der Waals surface area contributed by atoms with E-state index in [0.717, 1.165) is 11.3 Å². The Balaban J connectivity index is 2.15. The van der Waals surface area contributed by atoms with E-state index in [0.29, 0.717) is 15.8 Å². The van der Waals surface area contributed by atoms with Crippen LogP contribution >= 0.6 is 11.3 Å². The Kier molecular flexibility index (Phi) is 3.32. The lowest BCUT2D eigenvalue weighted by molar-refractivity contribution is 0.579. The number of rotatable bonds is 4. The Labute approximate surface area is 108 Å². The lowest BCUT2D eigenvalue weighted by Gasteiger charge is -2.03. The summed E-state index contributed by atoms with van der Waals surface area (Å²) in [6.07, 6.45) is 1.31. The molecule has 18 heavy (non-hydrogen) atoms. The Morgan fingerprint density at radius 1 is 1.50 bits per heavy atom. The van der Waals surface area contributed by atoms with Gasteiger partial charge >= 0.3 is 0 Å². The highest BCUT2D eigenvalue weighted by atomic mass is 32.2. The SMILES string of the molecule is Cc1c(S(=O)(=O)NCc2nnc(N)s2)cnn1C. The van der Waals surface area contributed by atoms with Crippen molar-refractivity contribution in [1.29, 1.82) is 0 Å². The van der Waals surface area contributed by atoms with Crippen molar-refractivity contribution < 1.29 is 8.42 Å². The molecule has 0 unspecified atom stereocenters. The van der Waals surface area contributed by atoms with Gasteiger partial charge in [0.1, 0.15) is 9.90 Å². The maximum absolute atomic E-state index is 12.0. The van der Waals surface area contributed by atoms with E-state index in [-0.39, 0.29) is 11.4 Å². The van der Waals surface area contributed by atoms with Gasteiger partial charge in [0.15, 0.2) is 0 Å². The molecule has 2 aromatic rings. The van der Waals surface area contributed by atoms with E-state index in [1.807, 2.05) is 0 Å². The second kappa shape index (κ2) is 4.63. The smallest absolute Gasteiger partial charge is 0.244 e. The van der Waals surface area contributed by atoms with Gasteiger partial charge in [-0.3, -0.25) is 4.68 Å². The Morgan fingerprint density at radius 2 is 2.22 bits per heavy atom. The summed E-state index contributed by atoms with van der Waals surface area (Å²) in [4.78, 5) is 0.155. The average Bonchev–Trinajstić information content (AvgIpc) is 2.85. The van der Waals surface area contributed by atoms with Gasteiger partial charge in [-0.15, -0.1) is 10.2 Å². The average molecular weight is 288 g/mol. The van der Waals surface area contributed by atoms with Crippen LogP contribution in [0.4, 0.5) is 5.13 Å². The van der Waals surface area contributed by atoms with Gasteiger partial charge in [0, 0.05) is 7.05 Å². The highest BCUT2D eigenvalue weighted by molar-refractivity contribution is 7.89. The molecule has 10 heteroatoms. The lowest BCUT2D eigenvalue weighted by Crippen LogP contribution is -2.23. The summed E-state index contributed by atoms with van der Waals surface area (Å²) in [5.41, 5.74) is 5.98. The standard InChI is InChI=1S/C8H12N6O2S2/c1-5-6(3-10-14(5)2)18(15,16)11-4-7-12-13-8(9)17-7/h3,11H,4H2,1-2H3,(H2,9,13). The van der Waals surface area contributed by atoms with Crippen molar-refractivity contribution in [3.8, 4) is 0 Å². The van der Waals surface area contributed by atoms with E-state index in [9.17, 15) is 8.42 Å². The first-order valence-corrected chi connectivity index (χ1v) is 7.26. The summed E-state index contributed by atoms with van der Waals surface area (Å²) in [5, 5.41) is 12.1. The van der Waals surface area contributed by atoms with Crippen molar-refractivity contribution in [2.45, 2.75) is 18.4 Å². The minimum Gasteiger partial charge on any atom is -0.374 e. The van der Waals surface area contributed by atoms with E-state index < -0.39 is 10.0 Å². The van der Waals surface area contributed by atoms with Crippen LogP contribution in [-0.4, -0.2) is 28.4 Å². The van der Waals surface area contributed by atoms with Crippen molar-refractivity contribution in [1.82, 2.24) is 24.7 Å². The molecular weight excluding hydrogens is 276 g/mol. The molecule has 8 nitrogen and oxygen atoms in total. The van der Waals surface area contributed by atoms with Crippen molar-refractivity contribution in [3.63, 3.8) is 0 Å². The summed E-state index contributed by atoms with van der Waals surface area (Å²) >= 11 is 1.14. The third-order valence-corrected chi connectivity index (χ3v) is 4.63. The molecule has 0 spiro atoms. The number of aryl methyl sites for hydroxylation is 1. The van der Waals surface area contributed by atoms with E-state index in [4.69, 9.17) is 5.73 Å². The molecule has 0 saturated heterocycles. The molecule has 0 bridgehead atoms. The molecule has 2 heterocycles. The summed E-state index contributed by atoms with van der Waals surface area (Å²) in [6, 6.07) is 0. The molecule has 0 atom stereocenters. The number of sulfonamides is 1. The molecule has 0 radical (unpaired) electrons. The van der Waals surface area contributed by atoms with Gasteiger partial charge in [-0.25, -0.2) is 13.1 Å². The molecular formula is C8H12N6O2S2. The minimum absolute atomic E-state index is 0.0610. The summed E-state index contributed by atoms with van der Waals surface area (Å²) in [6.45, 7) is 1.75. The van der Waals surface area contributed by atoms with Gasteiger partial charge in [-0.1, -0.05) is 11.3 Å². The number of nitrogens with two attached hydrogens (primary N) is 1. The van der Waals surface area contributed by atoms with Gasteiger partial charge in [-0.05, 0) is 6.92 Å². The van der Waals surface area contributed by atoms with Crippen LogP contribution in [0, 0.1) is 6.92 Å². The quantitative estimate of drug-likeness (QED) is 0.793. The highest BCUT2D eigenvalue weighted by Gasteiger charge is 2.20.